The van der Waals surface area contributed by atoms with Gasteiger partial charge in [-0.3, -0.25) is 0 Å². The number of carbonyl (C=O) groups excluding carboxylic acids is 1. The summed E-state index contributed by atoms with van der Waals surface area (Å²) in [5.41, 5.74) is 0. The van der Waals surface area contributed by atoms with Gasteiger partial charge in [0, 0.05) is 5.41 Å². The Balaban J connectivity index is 3.12. The fourth-order valence-electron chi connectivity index (χ4n) is 1.21. The van der Waals surface area contributed by atoms with Crippen LogP contribution < -0.4 is 0 Å². The molecule has 102 valence electrons. The van der Waals surface area contributed by atoms with Crippen LogP contribution in [-0.4, -0.2) is 32.4 Å². The van der Waals surface area contributed by atoms with Crippen molar-refractivity contribution in [2.24, 2.45) is 0 Å². The third-order valence-electron chi connectivity index (χ3n) is 2.10. The molecular weight excluding hydrogens is 296 g/mol. The molecule has 1 heterocycles. The van der Waals surface area contributed by atoms with Crippen molar-refractivity contribution in [3.8, 4) is 0 Å². The van der Waals surface area contributed by atoms with Crippen LogP contribution in [0.15, 0.2) is 19.6 Å². The summed E-state index contributed by atoms with van der Waals surface area (Å²) in [6.45, 7) is 1.87. The normalized spacial score (nSPS) is 18.4. The summed E-state index contributed by atoms with van der Waals surface area (Å²) in [6.07, 6.45) is 1.19. The third kappa shape index (κ3) is 3.69. The van der Waals surface area contributed by atoms with Crippen LogP contribution in [0.1, 0.15) is 19.8 Å². The molecule has 1 aliphatic rings. The van der Waals surface area contributed by atoms with E-state index in [4.69, 9.17) is 0 Å². The molecule has 0 unspecified atom stereocenters. The number of rotatable bonds is 5. The lowest BCUT2D eigenvalue weighted by atomic mass is 10.4. The molecule has 0 fully saturated rings. The number of esters is 1. The molecule has 5 nitrogen and oxygen atoms in total. The van der Waals surface area contributed by atoms with Crippen LogP contribution in [0.5, 0.6) is 0 Å². The zero-order chi connectivity index (χ0) is 13.8. The van der Waals surface area contributed by atoms with Gasteiger partial charge in [0.15, 0.2) is 19.8 Å². The van der Waals surface area contributed by atoms with Crippen molar-refractivity contribution < 1.29 is 23.1 Å². The van der Waals surface area contributed by atoms with Gasteiger partial charge in [0.25, 0.3) is 0 Å². The van der Waals surface area contributed by atoms with E-state index in [0.29, 0.717) is 12.8 Å². The van der Waals surface area contributed by atoms with Crippen LogP contribution in [-0.2, 0) is 19.4 Å². The number of carbonyl (C=O) groups is 1. The van der Waals surface area contributed by atoms with Gasteiger partial charge < -0.3 is 9.84 Å². The monoisotopic (exact) mass is 310 g/mol. The van der Waals surface area contributed by atoms with Crippen molar-refractivity contribution in [1.82, 2.24) is 0 Å². The molecule has 0 amide bonds. The van der Waals surface area contributed by atoms with Gasteiger partial charge in [-0.2, -0.15) is 0 Å². The highest BCUT2D eigenvalue weighted by Crippen LogP contribution is 2.45. The van der Waals surface area contributed by atoms with Crippen molar-refractivity contribution in [2.75, 3.05) is 12.9 Å². The predicted molar refractivity (Wildman–Crippen MR) is 73.6 cm³/mol. The molecule has 0 saturated heterocycles. The highest BCUT2D eigenvalue weighted by atomic mass is 32.2. The summed E-state index contributed by atoms with van der Waals surface area (Å²) in [6, 6.07) is 0. The van der Waals surface area contributed by atoms with Crippen molar-refractivity contribution in [3.63, 3.8) is 0 Å². The van der Waals surface area contributed by atoms with Crippen LogP contribution in [0, 0.1) is 0 Å². The van der Waals surface area contributed by atoms with Crippen molar-refractivity contribution in [2.45, 2.75) is 19.8 Å². The van der Waals surface area contributed by atoms with Gasteiger partial charge in [0.2, 0.25) is 0 Å². The number of aliphatic hydroxyl groups is 1. The van der Waals surface area contributed by atoms with Gasteiger partial charge in [0.1, 0.15) is 0 Å². The molecular formula is C10H14O5S3. The molecule has 0 atom stereocenters. The van der Waals surface area contributed by atoms with E-state index in [0.717, 1.165) is 30.6 Å². The summed E-state index contributed by atoms with van der Waals surface area (Å²) >= 11 is 1.87. The molecule has 1 N–H and O–H groups in total. The van der Waals surface area contributed by atoms with E-state index in [1.807, 2.05) is 6.92 Å². The van der Waals surface area contributed by atoms with E-state index in [9.17, 15) is 18.3 Å². The molecule has 0 spiro atoms. The highest BCUT2D eigenvalue weighted by molar-refractivity contribution is 8.28. The van der Waals surface area contributed by atoms with Gasteiger partial charge in [-0.1, -0.05) is 25.1 Å². The second-order valence-corrected chi connectivity index (χ2v) is 7.67. The van der Waals surface area contributed by atoms with E-state index in [1.165, 1.54) is 5.41 Å². The molecule has 0 aliphatic carbocycles. The molecule has 8 heteroatoms. The van der Waals surface area contributed by atoms with Crippen molar-refractivity contribution in [3.05, 3.63) is 19.6 Å². The first-order valence-electron chi connectivity index (χ1n) is 5.21. The van der Waals surface area contributed by atoms with Gasteiger partial charge >= 0.3 is 5.97 Å². The minimum absolute atomic E-state index is 0.0258. The maximum atomic E-state index is 12.1. The summed E-state index contributed by atoms with van der Waals surface area (Å²) < 4.78 is 29.0. The van der Waals surface area contributed by atoms with Crippen LogP contribution >= 0.6 is 23.5 Å². The van der Waals surface area contributed by atoms with E-state index < -0.39 is 15.8 Å². The fourth-order valence-corrected chi connectivity index (χ4v) is 5.40. The molecule has 1 rings (SSSR count). The van der Waals surface area contributed by atoms with Crippen LogP contribution in [0.3, 0.4) is 0 Å². The lowest BCUT2D eigenvalue weighted by Gasteiger charge is -2.09. The lowest BCUT2D eigenvalue weighted by molar-refractivity contribution is -0.135. The van der Waals surface area contributed by atoms with Gasteiger partial charge in [0.05, 0.1) is 17.1 Å². The van der Waals surface area contributed by atoms with E-state index in [2.05, 4.69) is 4.74 Å². The van der Waals surface area contributed by atoms with Crippen LogP contribution in [0.25, 0.3) is 0 Å². The predicted octanol–water partition coefficient (Wildman–Crippen LogP) is 2.38. The summed E-state index contributed by atoms with van der Waals surface area (Å²) in [5, 5.41) is 10.6. The molecule has 0 aromatic carbocycles. The lowest BCUT2D eigenvalue weighted by Crippen LogP contribution is -2.19. The topological polar surface area (TPSA) is 80.7 Å². The fraction of sp³-hybridized carbons (Fsp3) is 0.500. The van der Waals surface area contributed by atoms with Gasteiger partial charge in [-0.25, -0.2) is 13.2 Å². The number of hydrogen-bond acceptors (Lipinski definition) is 7. The van der Waals surface area contributed by atoms with Crippen molar-refractivity contribution >= 4 is 39.3 Å². The van der Waals surface area contributed by atoms with E-state index in [-0.39, 0.29) is 20.0 Å². The second kappa shape index (κ2) is 6.53. The number of sulfone groups is 1. The van der Waals surface area contributed by atoms with Gasteiger partial charge in [-0.05, 0) is 18.2 Å². The number of ether oxygens (including phenoxy) is 1. The molecule has 18 heavy (non-hydrogen) atoms. The van der Waals surface area contributed by atoms with Crippen LogP contribution in [0.2, 0.25) is 0 Å². The second-order valence-electron chi connectivity index (χ2n) is 3.46. The Morgan fingerprint density at radius 2 is 2.17 bits per heavy atom. The number of thioether (sulfide) groups is 2. The Morgan fingerprint density at radius 1 is 1.50 bits per heavy atom. The number of methoxy groups -OCH3 is 1. The SMILES string of the molecule is CCCCS(=O)(=O)C(C(=O)OC)=C1SC=C(O)S1. The number of aliphatic hydroxyl groups excluding tert-OH is 1. The summed E-state index contributed by atoms with van der Waals surface area (Å²) in [7, 11) is -2.55. The largest absolute Gasteiger partial charge is 0.501 e. The molecule has 0 aromatic rings. The number of unbranched alkanes of at least 4 members (excludes halogenated alkanes) is 1. The number of hydrogen-bond donors (Lipinski definition) is 1. The smallest absolute Gasteiger partial charge is 0.351 e. The third-order valence-corrected chi connectivity index (χ3v) is 6.34. The van der Waals surface area contributed by atoms with Gasteiger partial charge in [-0.15, -0.1) is 0 Å². The minimum atomic E-state index is -3.68. The first kappa shape index (κ1) is 15.5. The maximum Gasteiger partial charge on any atom is 0.351 e. The average molecular weight is 310 g/mol. The summed E-state index contributed by atoms with van der Waals surface area (Å²) in [5.74, 6) is -0.983. The Bertz CT molecular complexity index is 490. The quantitative estimate of drug-likeness (QED) is 0.616. The zero-order valence-corrected chi connectivity index (χ0v) is 12.5. The minimum Gasteiger partial charge on any atom is -0.501 e. The molecule has 1 aliphatic heterocycles. The van der Waals surface area contributed by atoms with E-state index in [1.54, 1.807) is 0 Å². The maximum absolute atomic E-state index is 12.1. The van der Waals surface area contributed by atoms with Crippen molar-refractivity contribution in [1.29, 1.82) is 0 Å². The first-order valence-corrected chi connectivity index (χ1v) is 8.56. The van der Waals surface area contributed by atoms with E-state index >= 15 is 0 Å². The molecule has 0 radical (unpaired) electrons. The average Bonchev–Trinajstić information content (AvgIpc) is 2.72. The molecule has 0 saturated carbocycles. The molecule has 0 aromatic heterocycles. The highest BCUT2D eigenvalue weighted by Gasteiger charge is 2.32. The zero-order valence-electron chi connectivity index (χ0n) is 10.0. The summed E-state index contributed by atoms with van der Waals surface area (Å²) in [4.78, 5) is 11.3. The first-order chi connectivity index (χ1) is 8.42. The Morgan fingerprint density at radius 3 is 2.61 bits per heavy atom. The standard InChI is InChI=1S/C10H14O5S3/c1-3-4-5-18(13,14)8(9(12)15-2)10-16-6-7(11)17-10/h6,11H,3-5H2,1-2H3. The molecule has 0 bridgehead atoms. The van der Waals surface area contributed by atoms with Crippen LogP contribution in [0.4, 0.5) is 0 Å². The Labute approximate surface area is 115 Å². The Hall–Kier alpha value is -0.600. The Kier molecular flexibility index (Phi) is 5.61.